The highest BCUT2D eigenvalue weighted by atomic mass is 16.5. The second-order valence-electron chi connectivity index (χ2n) is 7.43. The second kappa shape index (κ2) is 8.49. The number of para-hydroxylation sites is 2. The Bertz CT molecular complexity index is 1090. The van der Waals surface area contributed by atoms with Crippen molar-refractivity contribution in [2.45, 2.75) is 19.8 Å². The van der Waals surface area contributed by atoms with Crippen LogP contribution in [-0.4, -0.2) is 41.9 Å². The van der Waals surface area contributed by atoms with Crippen LogP contribution in [-0.2, 0) is 4.79 Å². The van der Waals surface area contributed by atoms with Gasteiger partial charge in [0, 0.05) is 30.3 Å². The minimum atomic E-state index is -0.0957. The number of fused-ring (bicyclic) bond motifs is 1. The zero-order valence-corrected chi connectivity index (χ0v) is 17.1. The Morgan fingerprint density at radius 3 is 2.40 bits per heavy atom. The second-order valence-corrected chi connectivity index (χ2v) is 7.43. The van der Waals surface area contributed by atoms with Crippen molar-refractivity contribution in [1.82, 2.24) is 9.97 Å². The molecule has 7 nitrogen and oxygen atoms in total. The number of anilines is 2. The summed E-state index contributed by atoms with van der Waals surface area (Å²) in [4.78, 5) is 35.7. The molecule has 1 aromatic heterocycles. The highest BCUT2D eigenvalue weighted by Gasteiger charge is 2.28. The number of carbonyl (C=O) groups is 2. The summed E-state index contributed by atoms with van der Waals surface area (Å²) in [7, 11) is 1.59. The average Bonchev–Trinajstić information content (AvgIpc) is 2.78. The molecule has 0 aliphatic carbocycles. The average molecular weight is 404 g/mol. The highest BCUT2D eigenvalue weighted by molar-refractivity contribution is 5.97. The number of ketones is 1. The smallest absolute Gasteiger partial charge is 0.257 e. The Hall–Kier alpha value is -3.48. The van der Waals surface area contributed by atoms with E-state index in [9.17, 15) is 9.59 Å². The maximum Gasteiger partial charge on any atom is 0.257 e. The first kappa shape index (κ1) is 19.8. The minimum Gasteiger partial charge on any atom is -0.478 e. The van der Waals surface area contributed by atoms with Crippen LogP contribution >= 0.6 is 0 Å². The predicted octanol–water partition coefficient (Wildman–Crippen LogP) is 3.70. The number of hydrogen-bond donors (Lipinski definition) is 1. The summed E-state index contributed by atoms with van der Waals surface area (Å²) in [5, 5.41) is 2.95. The maximum atomic E-state index is 12.7. The maximum absolute atomic E-state index is 12.7. The number of carbonyl (C=O) groups excluding carboxylic acids is 2. The number of rotatable bonds is 5. The fraction of sp³-hybridized carbons (Fsp3) is 0.304. The van der Waals surface area contributed by atoms with Crippen LogP contribution in [0.5, 0.6) is 5.88 Å². The summed E-state index contributed by atoms with van der Waals surface area (Å²) in [6.45, 7) is 2.89. The minimum absolute atomic E-state index is 0.0214. The van der Waals surface area contributed by atoms with Crippen molar-refractivity contribution in [3.05, 3.63) is 54.1 Å². The Kier molecular flexibility index (Phi) is 5.61. The van der Waals surface area contributed by atoms with Gasteiger partial charge >= 0.3 is 0 Å². The molecule has 1 saturated heterocycles. The number of nitrogens with one attached hydrogen (secondary N) is 1. The standard InChI is InChI=1S/C23H24N4O3/c1-15(28)17-6-5-7-18(14-17)24-22(29)16-10-12-27(13-11-16)21-23(30-2)26-20-9-4-3-8-19(20)25-21/h3-9,14,16H,10-13H2,1-2H3,(H,24,29). The first-order chi connectivity index (χ1) is 14.5. The predicted molar refractivity (Wildman–Crippen MR) is 116 cm³/mol. The molecule has 1 N–H and O–H groups in total. The lowest BCUT2D eigenvalue weighted by molar-refractivity contribution is -0.120. The number of amides is 1. The van der Waals surface area contributed by atoms with Gasteiger partial charge in [-0.1, -0.05) is 24.3 Å². The van der Waals surface area contributed by atoms with Gasteiger partial charge in [-0.2, -0.15) is 0 Å². The molecule has 0 saturated carbocycles. The number of piperidine rings is 1. The topological polar surface area (TPSA) is 84.4 Å². The normalized spacial score (nSPS) is 14.5. The third-order valence-corrected chi connectivity index (χ3v) is 5.42. The molecular weight excluding hydrogens is 380 g/mol. The molecule has 2 aromatic carbocycles. The SMILES string of the molecule is COc1nc2ccccc2nc1N1CCC(C(=O)Nc2cccc(C(C)=O)c2)CC1. The van der Waals surface area contributed by atoms with Gasteiger partial charge in [0.1, 0.15) is 0 Å². The van der Waals surface area contributed by atoms with Crippen molar-refractivity contribution in [2.75, 3.05) is 30.4 Å². The van der Waals surface area contributed by atoms with Crippen LogP contribution in [0.2, 0.25) is 0 Å². The Balaban J connectivity index is 1.44. The molecular formula is C23H24N4O3. The van der Waals surface area contributed by atoms with Crippen molar-refractivity contribution in [2.24, 2.45) is 5.92 Å². The van der Waals surface area contributed by atoms with Crippen molar-refractivity contribution in [3.8, 4) is 5.88 Å². The zero-order chi connectivity index (χ0) is 21.1. The van der Waals surface area contributed by atoms with Gasteiger partial charge in [0.05, 0.1) is 18.1 Å². The van der Waals surface area contributed by atoms with Gasteiger partial charge in [0.15, 0.2) is 11.6 Å². The molecule has 0 radical (unpaired) electrons. The Morgan fingerprint density at radius 1 is 1.03 bits per heavy atom. The van der Waals surface area contributed by atoms with Gasteiger partial charge in [-0.05, 0) is 44.0 Å². The molecule has 0 unspecified atom stereocenters. The monoisotopic (exact) mass is 404 g/mol. The lowest BCUT2D eigenvalue weighted by Gasteiger charge is -2.32. The van der Waals surface area contributed by atoms with Crippen LogP contribution in [0.4, 0.5) is 11.5 Å². The highest BCUT2D eigenvalue weighted by Crippen LogP contribution is 2.30. The molecule has 1 amide bonds. The summed E-state index contributed by atoms with van der Waals surface area (Å²) >= 11 is 0. The van der Waals surface area contributed by atoms with E-state index in [-0.39, 0.29) is 17.6 Å². The molecule has 7 heteroatoms. The third-order valence-electron chi connectivity index (χ3n) is 5.42. The van der Waals surface area contributed by atoms with Crippen molar-refractivity contribution < 1.29 is 14.3 Å². The van der Waals surface area contributed by atoms with E-state index in [1.54, 1.807) is 31.4 Å². The first-order valence-electron chi connectivity index (χ1n) is 10.0. The van der Waals surface area contributed by atoms with E-state index in [1.807, 2.05) is 24.3 Å². The van der Waals surface area contributed by atoms with Crippen molar-refractivity contribution in [3.63, 3.8) is 0 Å². The summed E-state index contributed by atoms with van der Waals surface area (Å²) in [5.41, 5.74) is 2.85. The number of hydrogen-bond acceptors (Lipinski definition) is 6. The van der Waals surface area contributed by atoms with Gasteiger partial charge in [0.2, 0.25) is 5.91 Å². The quantitative estimate of drug-likeness (QED) is 0.653. The van der Waals surface area contributed by atoms with E-state index in [4.69, 9.17) is 9.72 Å². The molecule has 0 bridgehead atoms. The van der Waals surface area contributed by atoms with Crippen LogP contribution in [0.15, 0.2) is 48.5 Å². The van der Waals surface area contributed by atoms with Gasteiger partial charge in [-0.3, -0.25) is 9.59 Å². The van der Waals surface area contributed by atoms with E-state index in [1.165, 1.54) is 6.92 Å². The summed E-state index contributed by atoms with van der Waals surface area (Å²) in [5.74, 6) is 1.07. The van der Waals surface area contributed by atoms with Gasteiger partial charge in [0.25, 0.3) is 5.88 Å². The van der Waals surface area contributed by atoms with E-state index in [0.717, 1.165) is 11.0 Å². The first-order valence-corrected chi connectivity index (χ1v) is 10.0. The van der Waals surface area contributed by atoms with Gasteiger partial charge in [-0.25, -0.2) is 9.97 Å². The molecule has 1 aliphatic heterocycles. The molecule has 0 atom stereocenters. The molecule has 1 aliphatic rings. The molecule has 154 valence electrons. The van der Waals surface area contributed by atoms with Crippen LogP contribution < -0.4 is 15.0 Å². The number of Topliss-reactive ketones (excluding diaryl/α,β-unsaturated/α-hetero) is 1. The molecule has 30 heavy (non-hydrogen) atoms. The number of methoxy groups -OCH3 is 1. The largest absolute Gasteiger partial charge is 0.478 e. The fourth-order valence-electron chi connectivity index (χ4n) is 3.73. The van der Waals surface area contributed by atoms with Crippen LogP contribution in [0, 0.1) is 5.92 Å². The number of nitrogens with zero attached hydrogens (tertiary/aromatic N) is 3. The lowest BCUT2D eigenvalue weighted by atomic mass is 9.95. The molecule has 3 aromatic rings. The van der Waals surface area contributed by atoms with Crippen molar-refractivity contribution in [1.29, 1.82) is 0 Å². The fourth-order valence-corrected chi connectivity index (χ4v) is 3.73. The Labute approximate surface area is 175 Å². The van der Waals surface area contributed by atoms with Crippen LogP contribution in [0.1, 0.15) is 30.1 Å². The molecule has 0 spiro atoms. The molecule has 1 fully saturated rings. The summed E-state index contributed by atoms with van der Waals surface area (Å²) < 4.78 is 5.47. The molecule has 2 heterocycles. The molecule has 4 rings (SSSR count). The van der Waals surface area contributed by atoms with Crippen LogP contribution in [0.3, 0.4) is 0 Å². The number of ether oxygens (including phenoxy) is 1. The Morgan fingerprint density at radius 2 is 1.73 bits per heavy atom. The summed E-state index contributed by atoms with van der Waals surface area (Å²) in [6.07, 6.45) is 1.41. The summed E-state index contributed by atoms with van der Waals surface area (Å²) in [6, 6.07) is 14.7. The lowest BCUT2D eigenvalue weighted by Crippen LogP contribution is -2.38. The van der Waals surface area contributed by atoms with Crippen LogP contribution in [0.25, 0.3) is 11.0 Å². The van der Waals surface area contributed by atoms with E-state index < -0.39 is 0 Å². The van der Waals surface area contributed by atoms with Gasteiger partial charge in [-0.15, -0.1) is 0 Å². The van der Waals surface area contributed by atoms with E-state index >= 15 is 0 Å². The van der Waals surface area contributed by atoms with E-state index in [0.29, 0.717) is 48.9 Å². The zero-order valence-electron chi connectivity index (χ0n) is 17.1. The number of benzene rings is 2. The van der Waals surface area contributed by atoms with E-state index in [2.05, 4.69) is 15.2 Å². The van der Waals surface area contributed by atoms with Crippen molar-refractivity contribution >= 4 is 34.2 Å². The third kappa shape index (κ3) is 4.10. The van der Waals surface area contributed by atoms with Gasteiger partial charge < -0.3 is 15.0 Å². The number of aromatic nitrogens is 2.